The van der Waals surface area contributed by atoms with Crippen molar-refractivity contribution in [3.05, 3.63) is 29.8 Å². The second-order valence-electron chi connectivity index (χ2n) is 8.69. The molecule has 0 spiro atoms. The molecule has 0 bridgehead atoms. The second-order valence-corrected chi connectivity index (χ2v) is 10.6. The molecule has 2 aliphatic heterocycles. The summed E-state index contributed by atoms with van der Waals surface area (Å²) in [7, 11) is -3.52. The number of benzene rings is 1. The van der Waals surface area contributed by atoms with Crippen molar-refractivity contribution in [3.8, 4) is 0 Å². The smallest absolute Gasteiger partial charge is 0.253 e. The Morgan fingerprint density at radius 2 is 1.48 bits per heavy atom. The highest BCUT2D eigenvalue weighted by Crippen LogP contribution is 2.25. The van der Waals surface area contributed by atoms with Gasteiger partial charge in [-0.1, -0.05) is 6.92 Å². The molecular formula is C23H35N3O4S. The third-order valence-corrected chi connectivity index (χ3v) is 8.60. The lowest BCUT2D eigenvalue weighted by Gasteiger charge is -2.33. The highest BCUT2D eigenvalue weighted by atomic mass is 32.2. The Kier molecular flexibility index (Phi) is 7.75. The number of hydrogen-bond donors (Lipinski definition) is 0. The van der Waals surface area contributed by atoms with Crippen molar-refractivity contribution in [3.63, 3.8) is 0 Å². The fourth-order valence-corrected chi connectivity index (χ4v) is 5.92. The van der Waals surface area contributed by atoms with Gasteiger partial charge in [0.15, 0.2) is 0 Å². The highest BCUT2D eigenvalue weighted by Gasteiger charge is 2.31. The van der Waals surface area contributed by atoms with Gasteiger partial charge >= 0.3 is 0 Å². The Morgan fingerprint density at radius 3 is 2.00 bits per heavy atom. The number of rotatable bonds is 6. The van der Waals surface area contributed by atoms with Gasteiger partial charge in [0.2, 0.25) is 15.9 Å². The van der Waals surface area contributed by atoms with Gasteiger partial charge in [-0.3, -0.25) is 9.59 Å². The van der Waals surface area contributed by atoms with E-state index >= 15 is 0 Å². The summed E-state index contributed by atoms with van der Waals surface area (Å²) in [6.07, 6.45) is 3.09. The first-order valence-electron chi connectivity index (χ1n) is 11.5. The standard InChI is InChI=1S/C23H35N3O4S/c1-4-24(5-2)22(27)20-12-14-25(15-13-20)23(28)19-6-8-21(9-7-19)31(29,30)26-16-10-18(3)11-17-26/h6-9,18,20H,4-5,10-17H2,1-3H3. The van der Waals surface area contributed by atoms with Crippen LogP contribution < -0.4 is 0 Å². The van der Waals surface area contributed by atoms with Crippen molar-refractivity contribution in [2.75, 3.05) is 39.3 Å². The first-order valence-corrected chi connectivity index (χ1v) is 12.9. The molecule has 8 heteroatoms. The van der Waals surface area contributed by atoms with Gasteiger partial charge in [0, 0.05) is 50.7 Å². The second kappa shape index (κ2) is 10.1. The zero-order chi connectivity index (χ0) is 22.6. The average Bonchev–Trinajstić information content (AvgIpc) is 2.80. The van der Waals surface area contributed by atoms with Gasteiger partial charge < -0.3 is 9.80 Å². The summed E-state index contributed by atoms with van der Waals surface area (Å²) in [4.78, 5) is 29.3. The summed E-state index contributed by atoms with van der Waals surface area (Å²) >= 11 is 0. The van der Waals surface area contributed by atoms with Gasteiger partial charge in [0.1, 0.15) is 0 Å². The van der Waals surface area contributed by atoms with Gasteiger partial charge in [-0.15, -0.1) is 0 Å². The topological polar surface area (TPSA) is 78.0 Å². The SMILES string of the molecule is CCN(CC)C(=O)C1CCN(C(=O)c2ccc(S(=O)(=O)N3CCC(C)CC3)cc2)CC1. The van der Waals surface area contributed by atoms with Crippen LogP contribution in [-0.4, -0.2) is 73.6 Å². The number of sulfonamides is 1. The van der Waals surface area contributed by atoms with Crippen molar-refractivity contribution in [2.24, 2.45) is 11.8 Å². The lowest BCUT2D eigenvalue weighted by molar-refractivity contribution is -0.136. The maximum atomic E-state index is 12.9. The minimum atomic E-state index is -3.52. The van der Waals surface area contributed by atoms with E-state index < -0.39 is 10.0 Å². The largest absolute Gasteiger partial charge is 0.343 e. The van der Waals surface area contributed by atoms with Crippen LogP contribution in [0.3, 0.4) is 0 Å². The molecule has 31 heavy (non-hydrogen) atoms. The number of piperidine rings is 2. The Morgan fingerprint density at radius 1 is 0.935 bits per heavy atom. The number of amides is 2. The fourth-order valence-electron chi connectivity index (χ4n) is 4.45. The Bertz CT molecular complexity index is 865. The maximum Gasteiger partial charge on any atom is 0.253 e. The van der Waals surface area contributed by atoms with Crippen LogP contribution >= 0.6 is 0 Å². The zero-order valence-electron chi connectivity index (χ0n) is 18.9. The molecule has 0 N–H and O–H groups in total. The molecule has 172 valence electrons. The van der Waals surface area contributed by atoms with Gasteiger partial charge in [-0.25, -0.2) is 8.42 Å². The molecule has 2 amide bonds. The number of likely N-dealkylation sites (tertiary alicyclic amines) is 1. The van der Waals surface area contributed by atoms with Crippen LogP contribution in [0.25, 0.3) is 0 Å². The number of nitrogens with zero attached hydrogens (tertiary/aromatic N) is 3. The zero-order valence-corrected chi connectivity index (χ0v) is 19.7. The molecule has 3 rings (SSSR count). The molecule has 0 unspecified atom stereocenters. The van der Waals surface area contributed by atoms with E-state index in [0.717, 1.165) is 12.8 Å². The molecule has 7 nitrogen and oxygen atoms in total. The Labute approximate surface area is 186 Å². The first kappa shape index (κ1) is 23.7. The molecule has 0 aromatic heterocycles. The molecular weight excluding hydrogens is 414 g/mol. The summed E-state index contributed by atoms with van der Waals surface area (Å²) in [6.45, 7) is 9.71. The third kappa shape index (κ3) is 5.29. The number of carbonyl (C=O) groups is 2. The molecule has 0 aliphatic carbocycles. The molecule has 2 heterocycles. The van der Waals surface area contributed by atoms with Crippen LogP contribution in [0.5, 0.6) is 0 Å². The van der Waals surface area contributed by atoms with Crippen molar-refractivity contribution in [1.29, 1.82) is 0 Å². The number of hydrogen-bond acceptors (Lipinski definition) is 4. The molecule has 2 aliphatic rings. The van der Waals surface area contributed by atoms with Gasteiger partial charge in [0.25, 0.3) is 5.91 Å². The summed E-state index contributed by atoms with van der Waals surface area (Å²) in [6, 6.07) is 6.29. The van der Waals surface area contributed by atoms with E-state index in [1.165, 1.54) is 12.1 Å². The predicted octanol–water partition coefficient (Wildman–Crippen LogP) is 2.83. The Hall–Kier alpha value is -1.93. The van der Waals surface area contributed by atoms with Crippen LogP contribution in [-0.2, 0) is 14.8 Å². The van der Waals surface area contributed by atoms with E-state index in [0.29, 0.717) is 63.6 Å². The van der Waals surface area contributed by atoms with Crippen molar-refractivity contribution < 1.29 is 18.0 Å². The molecule has 1 aromatic carbocycles. The van der Waals surface area contributed by atoms with E-state index in [1.807, 2.05) is 18.7 Å². The normalized spacial score (nSPS) is 19.4. The van der Waals surface area contributed by atoms with Gasteiger partial charge in [-0.2, -0.15) is 4.31 Å². The van der Waals surface area contributed by atoms with Gasteiger partial charge in [0.05, 0.1) is 4.90 Å². The average molecular weight is 450 g/mol. The van der Waals surface area contributed by atoms with E-state index in [1.54, 1.807) is 21.3 Å². The monoisotopic (exact) mass is 449 g/mol. The van der Waals surface area contributed by atoms with E-state index in [9.17, 15) is 18.0 Å². The van der Waals surface area contributed by atoms with Crippen molar-refractivity contribution in [2.45, 2.75) is 51.3 Å². The lowest BCUT2D eigenvalue weighted by atomic mass is 9.94. The number of carbonyl (C=O) groups excluding carboxylic acids is 2. The summed E-state index contributed by atoms with van der Waals surface area (Å²) in [5.74, 6) is 0.602. The third-order valence-electron chi connectivity index (χ3n) is 6.69. The molecule has 0 atom stereocenters. The summed E-state index contributed by atoms with van der Waals surface area (Å²) in [5, 5.41) is 0. The summed E-state index contributed by atoms with van der Waals surface area (Å²) in [5.41, 5.74) is 0.486. The Balaban J connectivity index is 1.60. The van der Waals surface area contributed by atoms with Crippen LogP contribution in [0.15, 0.2) is 29.2 Å². The quantitative estimate of drug-likeness (QED) is 0.669. The highest BCUT2D eigenvalue weighted by molar-refractivity contribution is 7.89. The van der Waals surface area contributed by atoms with Gasteiger partial charge in [-0.05, 0) is 69.7 Å². The van der Waals surface area contributed by atoms with Crippen LogP contribution in [0.1, 0.15) is 56.8 Å². The minimum absolute atomic E-state index is 0.0243. The first-order chi connectivity index (χ1) is 14.8. The van der Waals surface area contributed by atoms with E-state index in [-0.39, 0.29) is 22.6 Å². The van der Waals surface area contributed by atoms with Crippen LogP contribution in [0.4, 0.5) is 0 Å². The molecule has 1 aromatic rings. The molecule has 0 radical (unpaired) electrons. The molecule has 2 saturated heterocycles. The van der Waals surface area contributed by atoms with E-state index in [4.69, 9.17) is 0 Å². The lowest BCUT2D eigenvalue weighted by Crippen LogP contribution is -2.44. The van der Waals surface area contributed by atoms with Crippen molar-refractivity contribution >= 4 is 21.8 Å². The summed E-state index contributed by atoms with van der Waals surface area (Å²) < 4.78 is 27.3. The maximum absolute atomic E-state index is 12.9. The minimum Gasteiger partial charge on any atom is -0.343 e. The van der Waals surface area contributed by atoms with Crippen LogP contribution in [0, 0.1) is 11.8 Å². The molecule has 2 fully saturated rings. The molecule has 0 saturated carbocycles. The fraction of sp³-hybridized carbons (Fsp3) is 0.652. The predicted molar refractivity (Wildman–Crippen MR) is 120 cm³/mol. The van der Waals surface area contributed by atoms with Crippen molar-refractivity contribution in [1.82, 2.24) is 14.1 Å². The van der Waals surface area contributed by atoms with E-state index in [2.05, 4.69) is 6.92 Å². The van der Waals surface area contributed by atoms with Crippen LogP contribution in [0.2, 0.25) is 0 Å².